The molecule has 1 N–H and O–H groups in total. The summed E-state index contributed by atoms with van der Waals surface area (Å²) in [5.41, 5.74) is -1.40. The van der Waals surface area contributed by atoms with Gasteiger partial charge in [-0.1, -0.05) is 6.92 Å². The lowest BCUT2D eigenvalue weighted by molar-refractivity contribution is -0.166. The molecule has 0 aliphatic heterocycles. The molecule has 0 radical (unpaired) electrons. The van der Waals surface area contributed by atoms with Crippen LogP contribution in [-0.2, 0) is 14.3 Å². The highest BCUT2D eigenvalue weighted by molar-refractivity contribution is 5.87. The van der Waals surface area contributed by atoms with E-state index in [4.69, 9.17) is 4.74 Å². The van der Waals surface area contributed by atoms with E-state index in [9.17, 15) is 9.59 Å². The molecule has 0 fully saturated rings. The van der Waals surface area contributed by atoms with Gasteiger partial charge in [-0.3, -0.25) is 9.59 Å². The molecule has 4 heteroatoms. The van der Waals surface area contributed by atoms with Gasteiger partial charge in [0.2, 0.25) is 0 Å². The lowest BCUT2D eigenvalue weighted by atomic mass is 9.99. The van der Waals surface area contributed by atoms with Crippen LogP contribution in [0.15, 0.2) is 0 Å². The van der Waals surface area contributed by atoms with E-state index in [-0.39, 0.29) is 11.4 Å². The van der Waals surface area contributed by atoms with Crippen LogP contribution in [-0.4, -0.2) is 23.0 Å². The van der Waals surface area contributed by atoms with Gasteiger partial charge >= 0.3 is 5.97 Å². The van der Waals surface area contributed by atoms with Gasteiger partial charge in [-0.25, -0.2) is 0 Å². The normalized spacial score (nSPS) is 15.3. The predicted octanol–water partition coefficient (Wildman–Crippen LogP) is 1.63. The summed E-state index contributed by atoms with van der Waals surface area (Å²) in [6.07, 6.45) is 0.453. The van der Waals surface area contributed by atoms with Gasteiger partial charge in [0.1, 0.15) is 0 Å². The fourth-order valence-electron chi connectivity index (χ4n) is 1.07. The second kappa shape index (κ2) is 4.64. The van der Waals surface area contributed by atoms with Crippen LogP contribution in [0.25, 0.3) is 0 Å². The fraction of sp³-hybridized carbons (Fsp3) is 0.818. The second-order valence-electron chi connectivity index (χ2n) is 4.88. The minimum atomic E-state index is -1.07. The molecule has 0 aromatic carbocycles. The molecule has 0 heterocycles. The number of ether oxygens (including phenoxy) is 1. The van der Waals surface area contributed by atoms with Crippen LogP contribution >= 0.6 is 0 Å². The summed E-state index contributed by atoms with van der Waals surface area (Å²) in [7, 11) is 0. The molecule has 4 nitrogen and oxygen atoms in total. The van der Waals surface area contributed by atoms with Crippen molar-refractivity contribution in [3.63, 3.8) is 0 Å². The van der Waals surface area contributed by atoms with Crippen molar-refractivity contribution in [3.05, 3.63) is 0 Å². The van der Waals surface area contributed by atoms with Crippen molar-refractivity contribution in [2.75, 3.05) is 0 Å². The number of esters is 1. The SMILES string of the molecule is CC[C@@](C)(OC(C)=O)C(=O)NC(C)(C)C. The molecule has 0 spiro atoms. The first-order valence-corrected chi connectivity index (χ1v) is 5.13. The zero-order valence-corrected chi connectivity index (χ0v) is 10.4. The third-order valence-electron chi connectivity index (χ3n) is 2.01. The summed E-state index contributed by atoms with van der Waals surface area (Å²) in [4.78, 5) is 22.7. The van der Waals surface area contributed by atoms with Gasteiger partial charge in [-0.05, 0) is 34.1 Å². The van der Waals surface area contributed by atoms with Crippen LogP contribution in [0.4, 0.5) is 0 Å². The maximum Gasteiger partial charge on any atom is 0.303 e. The monoisotopic (exact) mass is 215 g/mol. The van der Waals surface area contributed by atoms with E-state index in [2.05, 4.69) is 5.32 Å². The van der Waals surface area contributed by atoms with Crippen molar-refractivity contribution in [1.29, 1.82) is 0 Å². The van der Waals surface area contributed by atoms with E-state index in [0.29, 0.717) is 6.42 Å². The topological polar surface area (TPSA) is 55.4 Å². The number of carbonyl (C=O) groups is 2. The average molecular weight is 215 g/mol. The lowest BCUT2D eigenvalue weighted by Gasteiger charge is -2.31. The van der Waals surface area contributed by atoms with Crippen molar-refractivity contribution in [3.8, 4) is 0 Å². The quantitative estimate of drug-likeness (QED) is 0.728. The molecular weight excluding hydrogens is 194 g/mol. The zero-order valence-electron chi connectivity index (χ0n) is 10.4. The third kappa shape index (κ3) is 4.81. The maximum absolute atomic E-state index is 11.9. The van der Waals surface area contributed by atoms with E-state index in [1.807, 2.05) is 27.7 Å². The van der Waals surface area contributed by atoms with E-state index >= 15 is 0 Å². The number of rotatable bonds is 3. The van der Waals surface area contributed by atoms with Gasteiger partial charge < -0.3 is 10.1 Å². The Balaban J connectivity index is 4.66. The van der Waals surface area contributed by atoms with E-state index in [1.54, 1.807) is 6.92 Å². The van der Waals surface area contributed by atoms with Crippen LogP contribution in [0, 0.1) is 0 Å². The van der Waals surface area contributed by atoms with Gasteiger partial charge in [0.15, 0.2) is 5.60 Å². The smallest absolute Gasteiger partial charge is 0.303 e. The molecule has 0 rings (SSSR count). The van der Waals surface area contributed by atoms with E-state index in [0.717, 1.165) is 0 Å². The average Bonchev–Trinajstić information content (AvgIpc) is 1.99. The van der Waals surface area contributed by atoms with Gasteiger partial charge in [0.05, 0.1) is 0 Å². The Bertz CT molecular complexity index is 255. The highest BCUT2D eigenvalue weighted by Gasteiger charge is 2.36. The number of carbonyl (C=O) groups excluding carboxylic acids is 2. The fourth-order valence-corrected chi connectivity index (χ4v) is 1.07. The Hall–Kier alpha value is -1.06. The number of hydrogen-bond acceptors (Lipinski definition) is 3. The summed E-state index contributed by atoms with van der Waals surface area (Å²) in [5.74, 6) is -0.698. The van der Waals surface area contributed by atoms with Crippen molar-refractivity contribution in [2.45, 2.75) is 59.1 Å². The van der Waals surface area contributed by atoms with Gasteiger partial charge in [0, 0.05) is 12.5 Å². The standard InChI is InChI=1S/C11H21NO3/c1-7-11(6,15-8(2)13)9(14)12-10(3,4)5/h7H2,1-6H3,(H,12,14)/t11-/m1/s1. The highest BCUT2D eigenvalue weighted by Crippen LogP contribution is 2.17. The number of amides is 1. The molecule has 0 saturated carbocycles. The number of nitrogens with one attached hydrogen (secondary N) is 1. The Morgan fingerprint density at radius 3 is 1.93 bits per heavy atom. The van der Waals surface area contributed by atoms with Crippen LogP contribution in [0.5, 0.6) is 0 Å². The van der Waals surface area contributed by atoms with Crippen LogP contribution < -0.4 is 5.32 Å². The molecule has 0 aromatic rings. The summed E-state index contributed by atoms with van der Waals surface area (Å²) in [6.45, 7) is 10.4. The molecule has 15 heavy (non-hydrogen) atoms. The first kappa shape index (κ1) is 13.9. The highest BCUT2D eigenvalue weighted by atomic mass is 16.6. The molecule has 0 unspecified atom stereocenters. The van der Waals surface area contributed by atoms with E-state index in [1.165, 1.54) is 6.92 Å². The summed E-state index contributed by atoms with van der Waals surface area (Å²) in [5, 5.41) is 2.80. The Morgan fingerprint density at radius 1 is 1.20 bits per heavy atom. The van der Waals surface area contributed by atoms with Crippen LogP contribution in [0.2, 0.25) is 0 Å². The van der Waals surface area contributed by atoms with E-state index < -0.39 is 11.6 Å². The molecule has 0 saturated heterocycles. The minimum absolute atomic E-state index is 0.257. The summed E-state index contributed by atoms with van der Waals surface area (Å²) >= 11 is 0. The molecule has 0 aliphatic carbocycles. The molecule has 1 amide bonds. The second-order valence-corrected chi connectivity index (χ2v) is 4.88. The first-order valence-electron chi connectivity index (χ1n) is 5.13. The largest absolute Gasteiger partial charge is 0.449 e. The lowest BCUT2D eigenvalue weighted by Crippen LogP contribution is -2.53. The predicted molar refractivity (Wildman–Crippen MR) is 58.4 cm³/mol. The molecule has 0 bridgehead atoms. The van der Waals surface area contributed by atoms with Crippen molar-refractivity contribution in [2.24, 2.45) is 0 Å². The van der Waals surface area contributed by atoms with Gasteiger partial charge in [-0.2, -0.15) is 0 Å². The molecule has 1 atom stereocenters. The minimum Gasteiger partial charge on any atom is -0.449 e. The summed E-state index contributed by atoms with van der Waals surface area (Å²) < 4.78 is 5.04. The zero-order chi connectivity index (χ0) is 12.3. The Morgan fingerprint density at radius 2 is 1.67 bits per heavy atom. The molecule has 0 aliphatic rings. The maximum atomic E-state index is 11.9. The number of hydrogen-bond donors (Lipinski definition) is 1. The van der Waals surface area contributed by atoms with Gasteiger partial charge in [-0.15, -0.1) is 0 Å². The van der Waals surface area contributed by atoms with Gasteiger partial charge in [0.25, 0.3) is 5.91 Å². The molecule has 88 valence electrons. The third-order valence-corrected chi connectivity index (χ3v) is 2.01. The molecular formula is C11H21NO3. The van der Waals surface area contributed by atoms with Crippen LogP contribution in [0.1, 0.15) is 48.0 Å². The van der Waals surface area contributed by atoms with Crippen molar-refractivity contribution >= 4 is 11.9 Å². The Kier molecular flexibility index (Phi) is 4.31. The van der Waals surface area contributed by atoms with Crippen LogP contribution in [0.3, 0.4) is 0 Å². The first-order chi connectivity index (χ1) is 6.60. The Labute approximate surface area is 91.4 Å². The van der Waals surface area contributed by atoms with Crippen molar-refractivity contribution in [1.82, 2.24) is 5.32 Å². The molecule has 0 aromatic heterocycles. The van der Waals surface area contributed by atoms with Crippen molar-refractivity contribution < 1.29 is 14.3 Å². The summed E-state index contributed by atoms with van der Waals surface area (Å²) in [6, 6.07) is 0.